The number of aryl methyl sites for hydroxylation is 1. The van der Waals surface area contributed by atoms with Crippen LogP contribution in [0.3, 0.4) is 0 Å². The summed E-state index contributed by atoms with van der Waals surface area (Å²) in [4.78, 5) is 0. The molecule has 1 rings (SSSR count). The Labute approximate surface area is 103 Å². The summed E-state index contributed by atoms with van der Waals surface area (Å²) < 4.78 is 0. The molecule has 0 bridgehead atoms. The summed E-state index contributed by atoms with van der Waals surface area (Å²) in [6, 6.07) is 6.71. The smallest absolute Gasteiger partial charge is 0.0225 e. The molecule has 0 fully saturated rings. The van der Waals surface area contributed by atoms with Crippen LogP contribution in [0.15, 0.2) is 18.2 Å². The minimum Gasteiger partial charge on any atom is -0.0872 e. The Balaban J connectivity index is 2.49. The van der Waals surface area contributed by atoms with Crippen molar-refractivity contribution in [2.45, 2.75) is 59.0 Å². The van der Waals surface area contributed by atoms with Crippen LogP contribution in [0.2, 0.25) is 0 Å². The normalized spacial score (nSPS) is 13.5. The van der Waals surface area contributed by atoms with Gasteiger partial charge in [0.25, 0.3) is 0 Å². The number of rotatable bonds is 6. The van der Waals surface area contributed by atoms with E-state index in [1.165, 1.54) is 36.8 Å². The Hall–Kier alpha value is -0.350. The van der Waals surface area contributed by atoms with E-state index >= 15 is 0 Å². The molecule has 2 unspecified atom stereocenters. The molecule has 0 spiro atoms. The molecule has 0 heterocycles. The van der Waals surface area contributed by atoms with Gasteiger partial charge >= 0.3 is 0 Å². The van der Waals surface area contributed by atoms with Gasteiger partial charge in [0.2, 0.25) is 0 Å². The van der Waals surface area contributed by atoms with Crippen LogP contribution in [0.25, 0.3) is 0 Å². The summed E-state index contributed by atoms with van der Waals surface area (Å²) in [5.74, 6) is 0. The average molecular weight is 236 g/mol. The summed E-state index contributed by atoms with van der Waals surface area (Å²) in [6.07, 6.45) is 5.51. The summed E-state index contributed by atoms with van der Waals surface area (Å²) in [6.45, 7) is 9.15. The van der Waals surface area contributed by atoms with Gasteiger partial charge in [0, 0.05) is 0 Å². The van der Waals surface area contributed by atoms with Crippen LogP contribution in [0.5, 0.6) is 0 Å². The fourth-order valence-electron chi connectivity index (χ4n) is 1.95. The monoisotopic (exact) mass is 236 g/mol. The predicted octanol–water partition coefficient (Wildman–Crippen LogP) is 4.58. The Bertz CT molecular complexity index is 317. The van der Waals surface area contributed by atoms with Crippen LogP contribution in [0.1, 0.15) is 50.7 Å². The van der Waals surface area contributed by atoms with Gasteiger partial charge in [-0.25, -0.2) is 0 Å². The molecule has 1 aromatic rings. The molecule has 0 aliphatic rings. The van der Waals surface area contributed by atoms with E-state index in [1.807, 2.05) is 0 Å². The summed E-state index contributed by atoms with van der Waals surface area (Å²) >= 11 is 0. The van der Waals surface area contributed by atoms with Gasteiger partial charge in [-0.15, -0.1) is 0 Å². The van der Waals surface area contributed by atoms with Gasteiger partial charge in [0.05, 0.1) is 0 Å². The SMILES string of the molecule is CCCCCC(C)Pc1cccc(C)c1C. The standard InChI is InChI=1S/C15H25P/c1-5-6-7-10-13(3)16-15-11-8-9-12(2)14(15)4/h8-9,11,13,16H,5-7,10H2,1-4H3. The van der Waals surface area contributed by atoms with Crippen molar-refractivity contribution in [1.29, 1.82) is 0 Å². The first-order valence-electron chi connectivity index (χ1n) is 6.48. The van der Waals surface area contributed by atoms with Crippen LogP contribution in [0, 0.1) is 13.8 Å². The first-order chi connectivity index (χ1) is 7.65. The van der Waals surface area contributed by atoms with E-state index < -0.39 is 0 Å². The fourth-order valence-corrected chi connectivity index (χ4v) is 3.43. The maximum atomic E-state index is 2.40. The largest absolute Gasteiger partial charge is 0.0872 e. The summed E-state index contributed by atoms with van der Waals surface area (Å²) in [7, 11) is 0.985. The van der Waals surface area contributed by atoms with Gasteiger partial charge in [-0.2, -0.15) is 0 Å². The third-order valence-corrected chi connectivity index (χ3v) is 4.88. The lowest BCUT2D eigenvalue weighted by Crippen LogP contribution is -2.07. The quantitative estimate of drug-likeness (QED) is 0.501. The fraction of sp³-hybridized carbons (Fsp3) is 0.600. The number of unbranched alkanes of at least 4 members (excludes halogenated alkanes) is 2. The van der Waals surface area contributed by atoms with Crippen molar-refractivity contribution in [3.8, 4) is 0 Å². The molecule has 0 saturated carbocycles. The number of benzene rings is 1. The number of hydrogen-bond donors (Lipinski definition) is 0. The van der Waals surface area contributed by atoms with Crippen LogP contribution in [-0.4, -0.2) is 5.66 Å². The van der Waals surface area contributed by atoms with E-state index in [2.05, 4.69) is 45.9 Å². The third kappa shape index (κ3) is 4.26. The van der Waals surface area contributed by atoms with E-state index in [4.69, 9.17) is 0 Å². The van der Waals surface area contributed by atoms with Gasteiger partial charge in [-0.05, 0) is 42.4 Å². The summed E-state index contributed by atoms with van der Waals surface area (Å²) in [5.41, 5.74) is 3.79. The highest BCUT2D eigenvalue weighted by atomic mass is 31.1. The molecule has 1 heteroatoms. The zero-order valence-electron chi connectivity index (χ0n) is 11.1. The van der Waals surface area contributed by atoms with Gasteiger partial charge < -0.3 is 0 Å². The maximum absolute atomic E-state index is 2.40. The molecule has 1 aromatic carbocycles. The highest BCUT2D eigenvalue weighted by molar-refractivity contribution is 7.48. The molecular weight excluding hydrogens is 211 g/mol. The van der Waals surface area contributed by atoms with Crippen molar-refractivity contribution in [2.24, 2.45) is 0 Å². The average Bonchev–Trinajstić information content (AvgIpc) is 2.25. The van der Waals surface area contributed by atoms with Crippen LogP contribution in [-0.2, 0) is 0 Å². The van der Waals surface area contributed by atoms with Crippen molar-refractivity contribution < 1.29 is 0 Å². The molecular formula is C15H25P. The van der Waals surface area contributed by atoms with Gasteiger partial charge in [0.1, 0.15) is 0 Å². The van der Waals surface area contributed by atoms with Crippen molar-refractivity contribution in [3.05, 3.63) is 29.3 Å². The van der Waals surface area contributed by atoms with Gasteiger partial charge in [-0.3, -0.25) is 0 Å². The molecule has 0 aliphatic carbocycles. The zero-order valence-corrected chi connectivity index (χ0v) is 12.1. The van der Waals surface area contributed by atoms with E-state index in [-0.39, 0.29) is 0 Å². The number of hydrogen-bond acceptors (Lipinski definition) is 0. The third-order valence-electron chi connectivity index (χ3n) is 3.25. The lowest BCUT2D eigenvalue weighted by atomic mass is 10.1. The predicted molar refractivity (Wildman–Crippen MR) is 77.5 cm³/mol. The van der Waals surface area contributed by atoms with E-state index in [0.717, 1.165) is 14.2 Å². The minimum absolute atomic E-state index is 0.854. The molecule has 0 radical (unpaired) electrons. The topological polar surface area (TPSA) is 0 Å². The Kier molecular flexibility index (Phi) is 6.06. The minimum atomic E-state index is 0.854. The second-order valence-corrected chi connectivity index (χ2v) is 6.60. The van der Waals surface area contributed by atoms with E-state index in [9.17, 15) is 0 Å². The van der Waals surface area contributed by atoms with Crippen molar-refractivity contribution in [1.82, 2.24) is 0 Å². The van der Waals surface area contributed by atoms with Gasteiger partial charge in [-0.1, -0.05) is 59.9 Å². The first-order valence-corrected chi connectivity index (χ1v) is 7.55. The molecule has 0 aromatic heterocycles. The lowest BCUT2D eigenvalue weighted by molar-refractivity contribution is 0.663. The molecule has 0 amide bonds. The van der Waals surface area contributed by atoms with Crippen LogP contribution in [0.4, 0.5) is 0 Å². The highest BCUT2D eigenvalue weighted by Gasteiger charge is 2.06. The molecule has 16 heavy (non-hydrogen) atoms. The molecule has 0 nitrogen and oxygen atoms in total. The second-order valence-electron chi connectivity index (χ2n) is 4.79. The molecule has 0 N–H and O–H groups in total. The lowest BCUT2D eigenvalue weighted by Gasteiger charge is -2.14. The van der Waals surface area contributed by atoms with Crippen molar-refractivity contribution in [2.75, 3.05) is 0 Å². The highest BCUT2D eigenvalue weighted by Crippen LogP contribution is 2.25. The maximum Gasteiger partial charge on any atom is -0.0225 e. The molecule has 2 atom stereocenters. The van der Waals surface area contributed by atoms with Gasteiger partial charge in [0.15, 0.2) is 0 Å². The summed E-state index contributed by atoms with van der Waals surface area (Å²) in [5, 5.41) is 1.57. The molecule has 0 saturated heterocycles. The van der Waals surface area contributed by atoms with Crippen molar-refractivity contribution in [3.63, 3.8) is 0 Å². The zero-order chi connectivity index (χ0) is 12.0. The molecule has 90 valence electrons. The Morgan fingerprint density at radius 3 is 2.62 bits per heavy atom. The Morgan fingerprint density at radius 2 is 1.94 bits per heavy atom. The Morgan fingerprint density at radius 1 is 1.19 bits per heavy atom. The second kappa shape index (κ2) is 7.07. The van der Waals surface area contributed by atoms with E-state index in [1.54, 1.807) is 5.30 Å². The first kappa shape index (κ1) is 13.7. The van der Waals surface area contributed by atoms with E-state index in [0.29, 0.717) is 0 Å². The van der Waals surface area contributed by atoms with Crippen LogP contribution < -0.4 is 5.30 Å². The van der Waals surface area contributed by atoms with Crippen molar-refractivity contribution >= 4 is 13.9 Å². The molecule has 0 aliphatic heterocycles. The van der Waals surface area contributed by atoms with Crippen LogP contribution >= 0.6 is 8.58 Å².